The molecule has 0 radical (unpaired) electrons. The lowest BCUT2D eigenvalue weighted by Gasteiger charge is -2.18. The lowest BCUT2D eigenvalue weighted by atomic mass is 9.98. The summed E-state index contributed by atoms with van der Waals surface area (Å²) in [7, 11) is 0. The SMILES string of the molecule is O=C1/C(=C/c2cc(Br)ccc2F)COc2ccccc21. The van der Waals surface area contributed by atoms with Crippen LogP contribution in [0.1, 0.15) is 15.9 Å². The number of rotatable bonds is 1. The molecular weight excluding hydrogens is 323 g/mol. The van der Waals surface area contributed by atoms with Crippen LogP contribution in [0.15, 0.2) is 52.5 Å². The highest BCUT2D eigenvalue weighted by Gasteiger charge is 2.22. The van der Waals surface area contributed by atoms with E-state index < -0.39 is 0 Å². The standard InChI is InChI=1S/C16H10BrFO2/c17-12-5-6-14(18)10(8-12)7-11-9-20-15-4-2-1-3-13(15)16(11)19/h1-8H,9H2/b11-7+. The second-order valence-corrected chi connectivity index (χ2v) is 5.37. The first-order valence-corrected chi connectivity index (χ1v) is 6.86. The van der Waals surface area contributed by atoms with Gasteiger partial charge in [0.25, 0.3) is 0 Å². The molecule has 0 saturated heterocycles. The van der Waals surface area contributed by atoms with E-state index in [9.17, 15) is 9.18 Å². The number of ketones is 1. The molecule has 1 heterocycles. The second kappa shape index (κ2) is 5.21. The summed E-state index contributed by atoms with van der Waals surface area (Å²) in [4.78, 5) is 12.3. The Bertz CT molecular complexity index is 722. The summed E-state index contributed by atoms with van der Waals surface area (Å²) in [6, 6.07) is 11.7. The minimum absolute atomic E-state index is 0.119. The molecular formula is C16H10BrFO2. The second-order valence-electron chi connectivity index (χ2n) is 4.45. The maximum Gasteiger partial charge on any atom is 0.196 e. The van der Waals surface area contributed by atoms with Gasteiger partial charge in [0.1, 0.15) is 18.2 Å². The van der Waals surface area contributed by atoms with E-state index in [0.29, 0.717) is 22.4 Å². The van der Waals surface area contributed by atoms with Crippen LogP contribution in [0.4, 0.5) is 4.39 Å². The van der Waals surface area contributed by atoms with Gasteiger partial charge in [0.05, 0.1) is 5.56 Å². The van der Waals surface area contributed by atoms with Crippen LogP contribution in [0.2, 0.25) is 0 Å². The third kappa shape index (κ3) is 2.39. The predicted molar refractivity (Wildman–Crippen MR) is 78.3 cm³/mol. The van der Waals surface area contributed by atoms with Gasteiger partial charge in [-0.05, 0) is 36.4 Å². The zero-order chi connectivity index (χ0) is 14.1. The summed E-state index contributed by atoms with van der Waals surface area (Å²) in [6.07, 6.45) is 1.54. The Kier molecular flexibility index (Phi) is 3.40. The highest BCUT2D eigenvalue weighted by atomic mass is 79.9. The topological polar surface area (TPSA) is 26.3 Å². The van der Waals surface area contributed by atoms with Crippen molar-refractivity contribution in [3.63, 3.8) is 0 Å². The van der Waals surface area contributed by atoms with E-state index in [2.05, 4.69) is 15.9 Å². The van der Waals surface area contributed by atoms with Gasteiger partial charge in [0, 0.05) is 15.6 Å². The van der Waals surface area contributed by atoms with Gasteiger partial charge in [-0.1, -0.05) is 28.1 Å². The lowest BCUT2D eigenvalue weighted by Crippen LogP contribution is -2.18. The van der Waals surface area contributed by atoms with Gasteiger partial charge in [-0.2, -0.15) is 0 Å². The molecule has 0 bridgehead atoms. The quantitative estimate of drug-likeness (QED) is 0.730. The van der Waals surface area contributed by atoms with Gasteiger partial charge in [-0.25, -0.2) is 4.39 Å². The summed E-state index contributed by atoms with van der Waals surface area (Å²) in [5.74, 6) is 0.0861. The Morgan fingerprint density at radius 1 is 1.20 bits per heavy atom. The maximum atomic E-state index is 13.7. The number of ether oxygens (including phenoxy) is 1. The van der Waals surface area contributed by atoms with Gasteiger partial charge < -0.3 is 4.74 Å². The number of carbonyl (C=O) groups is 1. The number of hydrogen-bond acceptors (Lipinski definition) is 2. The fraction of sp³-hybridized carbons (Fsp3) is 0.0625. The Balaban J connectivity index is 2.02. The smallest absolute Gasteiger partial charge is 0.196 e. The van der Waals surface area contributed by atoms with Crippen molar-refractivity contribution in [3.05, 3.63) is 69.5 Å². The number of benzene rings is 2. The van der Waals surface area contributed by atoms with Crippen molar-refractivity contribution >= 4 is 27.8 Å². The zero-order valence-electron chi connectivity index (χ0n) is 10.4. The van der Waals surface area contributed by atoms with Crippen molar-refractivity contribution in [2.24, 2.45) is 0 Å². The van der Waals surface area contributed by atoms with Crippen LogP contribution in [0.5, 0.6) is 5.75 Å². The van der Waals surface area contributed by atoms with E-state index in [-0.39, 0.29) is 18.2 Å². The first kappa shape index (κ1) is 13.1. The Morgan fingerprint density at radius 3 is 2.85 bits per heavy atom. The Labute approximate surface area is 124 Å². The zero-order valence-corrected chi connectivity index (χ0v) is 12.0. The molecule has 3 rings (SSSR count). The van der Waals surface area contributed by atoms with Crippen molar-refractivity contribution in [2.45, 2.75) is 0 Å². The highest BCUT2D eigenvalue weighted by Crippen LogP contribution is 2.28. The van der Waals surface area contributed by atoms with Gasteiger partial charge in [0.2, 0.25) is 0 Å². The molecule has 1 aliphatic rings. The van der Waals surface area contributed by atoms with Crippen molar-refractivity contribution in [1.29, 1.82) is 0 Å². The van der Waals surface area contributed by atoms with Crippen molar-refractivity contribution in [2.75, 3.05) is 6.61 Å². The fourth-order valence-electron chi connectivity index (χ4n) is 2.09. The van der Waals surface area contributed by atoms with Crippen molar-refractivity contribution in [3.8, 4) is 5.75 Å². The monoisotopic (exact) mass is 332 g/mol. The molecule has 0 amide bonds. The summed E-state index contributed by atoms with van der Waals surface area (Å²) < 4.78 is 20.0. The summed E-state index contributed by atoms with van der Waals surface area (Å²) in [6.45, 7) is 0.155. The summed E-state index contributed by atoms with van der Waals surface area (Å²) in [5, 5.41) is 0. The number of halogens is 2. The molecule has 2 aromatic carbocycles. The molecule has 20 heavy (non-hydrogen) atoms. The minimum Gasteiger partial charge on any atom is -0.488 e. The molecule has 1 aliphatic heterocycles. The Morgan fingerprint density at radius 2 is 2.00 bits per heavy atom. The third-order valence-electron chi connectivity index (χ3n) is 3.09. The van der Waals surface area contributed by atoms with Crippen molar-refractivity contribution in [1.82, 2.24) is 0 Å². The van der Waals surface area contributed by atoms with E-state index in [1.165, 1.54) is 6.07 Å². The molecule has 0 fully saturated rings. The van der Waals surface area contributed by atoms with Gasteiger partial charge >= 0.3 is 0 Å². The molecule has 0 unspecified atom stereocenters. The molecule has 0 aliphatic carbocycles. The van der Waals surface area contributed by atoms with Crippen LogP contribution in [0.25, 0.3) is 6.08 Å². The molecule has 0 saturated carbocycles. The van der Waals surface area contributed by atoms with Crippen LogP contribution in [0, 0.1) is 5.82 Å². The average Bonchev–Trinajstić information content (AvgIpc) is 2.46. The van der Waals surface area contributed by atoms with Crippen LogP contribution < -0.4 is 4.74 Å². The molecule has 0 aromatic heterocycles. The first-order chi connectivity index (χ1) is 9.65. The number of para-hydroxylation sites is 1. The number of carbonyl (C=O) groups excluding carboxylic acids is 1. The minimum atomic E-state index is -0.368. The van der Waals surface area contributed by atoms with E-state index in [4.69, 9.17) is 4.74 Å². The average molecular weight is 333 g/mol. The van der Waals surface area contributed by atoms with Crippen LogP contribution in [-0.2, 0) is 0 Å². The molecule has 0 spiro atoms. The Hall–Kier alpha value is -1.94. The molecule has 2 aromatic rings. The van der Waals surface area contributed by atoms with E-state index in [1.807, 2.05) is 6.07 Å². The molecule has 4 heteroatoms. The molecule has 0 atom stereocenters. The van der Waals surface area contributed by atoms with Gasteiger partial charge in [-0.15, -0.1) is 0 Å². The summed E-state index contributed by atoms with van der Waals surface area (Å²) >= 11 is 3.29. The van der Waals surface area contributed by atoms with Crippen LogP contribution >= 0.6 is 15.9 Å². The van der Waals surface area contributed by atoms with Crippen LogP contribution in [-0.4, -0.2) is 12.4 Å². The first-order valence-electron chi connectivity index (χ1n) is 6.07. The number of fused-ring (bicyclic) bond motifs is 1. The van der Waals surface area contributed by atoms with Crippen molar-refractivity contribution < 1.29 is 13.9 Å². The number of Topliss-reactive ketones (excluding diaryl/α,β-unsaturated/α-hetero) is 1. The van der Waals surface area contributed by atoms with Gasteiger partial charge in [0.15, 0.2) is 5.78 Å². The predicted octanol–water partition coefficient (Wildman–Crippen LogP) is 4.25. The van der Waals surface area contributed by atoms with Crippen LogP contribution in [0.3, 0.4) is 0 Å². The normalized spacial score (nSPS) is 15.9. The molecule has 2 nitrogen and oxygen atoms in total. The van der Waals surface area contributed by atoms with E-state index >= 15 is 0 Å². The number of hydrogen-bond donors (Lipinski definition) is 0. The molecule has 100 valence electrons. The lowest BCUT2D eigenvalue weighted by molar-refractivity contribution is 0.100. The largest absolute Gasteiger partial charge is 0.488 e. The molecule has 0 N–H and O–H groups in total. The third-order valence-corrected chi connectivity index (χ3v) is 3.59. The fourth-order valence-corrected chi connectivity index (χ4v) is 2.47. The van der Waals surface area contributed by atoms with E-state index in [0.717, 1.165) is 4.47 Å². The summed E-state index contributed by atoms with van der Waals surface area (Å²) in [5.41, 5.74) is 1.33. The van der Waals surface area contributed by atoms with Gasteiger partial charge in [-0.3, -0.25) is 4.79 Å². The highest BCUT2D eigenvalue weighted by molar-refractivity contribution is 9.10. The maximum absolute atomic E-state index is 13.7. The van der Waals surface area contributed by atoms with E-state index in [1.54, 1.807) is 36.4 Å².